The van der Waals surface area contributed by atoms with Crippen LogP contribution in [0.1, 0.15) is 23.7 Å². The summed E-state index contributed by atoms with van der Waals surface area (Å²) in [6.07, 6.45) is 3.31. The van der Waals surface area contributed by atoms with Crippen LogP contribution in [0.15, 0.2) is 42.6 Å². The number of benzene rings is 1. The molecule has 0 atom stereocenters. The maximum atomic E-state index is 2.27. The zero-order chi connectivity index (χ0) is 11.5. The van der Waals surface area contributed by atoms with Crippen molar-refractivity contribution in [2.45, 2.75) is 27.2 Å². The summed E-state index contributed by atoms with van der Waals surface area (Å²) in [5.41, 5.74) is 5.22. The fourth-order valence-corrected chi connectivity index (χ4v) is 1.92. The minimum absolute atomic E-state index is 1.08. The van der Waals surface area contributed by atoms with E-state index in [1.165, 1.54) is 22.5 Å². The second-order valence-electron chi connectivity index (χ2n) is 4.19. The number of para-hydroxylation sites is 1. The molecule has 0 aliphatic carbocycles. The first kappa shape index (κ1) is 10.9. The molecular formula is C15H18N+. The molecule has 1 aromatic carbocycles. The first-order valence-electron chi connectivity index (χ1n) is 5.79. The smallest absolute Gasteiger partial charge is 0.164 e. The quantitative estimate of drug-likeness (QED) is 0.673. The molecule has 1 aromatic heterocycles. The fraction of sp³-hybridized carbons (Fsp3) is 0.267. The average Bonchev–Trinajstić information content (AvgIpc) is 2.31. The summed E-state index contributed by atoms with van der Waals surface area (Å²) < 4.78 is 2.27. The van der Waals surface area contributed by atoms with E-state index in [0.717, 1.165) is 6.42 Å². The summed E-state index contributed by atoms with van der Waals surface area (Å²) in [7, 11) is 0. The van der Waals surface area contributed by atoms with Gasteiger partial charge in [0, 0.05) is 30.2 Å². The summed E-state index contributed by atoms with van der Waals surface area (Å²) in [6, 6.07) is 12.9. The lowest BCUT2D eigenvalue weighted by molar-refractivity contribution is -0.603. The highest BCUT2D eigenvalue weighted by Crippen LogP contribution is 2.09. The lowest BCUT2D eigenvalue weighted by Gasteiger charge is -2.04. The molecule has 1 nitrogen and oxygen atoms in total. The van der Waals surface area contributed by atoms with Crippen LogP contribution in [0.4, 0.5) is 0 Å². The zero-order valence-electron chi connectivity index (χ0n) is 10.2. The van der Waals surface area contributed by atoms with Crippen LogP contribution in [-0.4, -0.2) is 0 Å². The van der Waals surface area contributed by atoms with Crippen molar-refractivity contribution in [1.82, 2.24) is 0 Å². The third kappa shape index (κ3) is 1.99. The van der Waals surface area contributed by atoms with E-state index in [4.69, 9.17) is 0 Å². The Morgan fingerprint density at radius 1 is 1.00 bits per heavy atom. The van der Waals surface area contributed by atoms with Crippen LogP contribution >= 0.6 is 0 Å². The van der Waals surface area contributed by atoms with Gasteiger partial charge in [0.05, 0.1) is 0 Å². The Balaban J connectivity index is 2.59. The molecule has 2 rings (SSSR count). The summed E-state index contributed by atoms with van der Waals surface area (Å²) in [4.78, 5) is 0. The summed E-state index contributed by atoms with van der Waals surface area (Å²) in [5, 5.41) is 0. The minimum atomic E-state index is 1.08. The molecule has 0 N–H and O–H groups in total. The van der Waals surface area contributed by atoms with Crippen molar-refractivity contribution >= 4 is 0 Å². The summed E-state index contributed by atoms with van der Waals surface area (Å²) in [5.74, 6) is 0. The number of aryl methyl sites for hydroxylation is 3. The Morgan fingerprint density at radius 3 is 2.44 bits per heavy atom. The number of rotatable bonds is 2. The van der Waals surface area contributed by atoms with Crippen molar-refractivity contribution < 1.29 is 4.57 Å². The predicted octanol–water partition coefficient (Wildman–Crippen LogP) is 3.14. The van der Waals surface area contributed by atoms with Gasteiger partial charge in [0.2, 0.25) is 5.69 Å². The molecule has 82 valence electrons. The Morgan fingerprint density at radius 2 is 1.75 bits per heavy atom. The molecular weight excluding hydrogens is 194 g/mol. The molecule has 0 unspecified atom stereocenters. The minimum Gasteiger partial charge on any atom is -0.164 e. The second-order valence-corrected chi connectivity index (χ2v) is 4.19. The Bertz CT molecular complexity index is 501. The summed E-state index contributed by atoms with van der Waals surface area (Å²) >= 11 is 0. The standard InChI is InChI=1S/C15H18N/c1-4-14-10-9-13(3)16(11-14)15-8-6-5-7-12(15)2/h5-11H,4H2,1-3H3/q+1. The maximum Gasteiger partial charge on any atom is 0.213 e. The van der Waals surface area contributed by atoms with Gasteiger partial charge in [-0.15, -0.1) is 0 Å². The topological polar surface area (TPSA) is 3.88 Å². The van der Waals surface area contributed by atoms with E-state index in [1.54, 1.807) is 0 Å². The number of hydrogen-bond acceptors (Lipinski definition) is 0. The molecule has 0 aliphatic heterocycles. The normalized spacial score (nSPS) is 10.4. The van der Waals surface area contributed by atoms with Crippen molar-refractivity contribution in [1.29, 1.82) is 0 Å². The highest BCUT2D eigenvalue weighted by atomic mass is 15.0. The van der Waals surface area contributed by atoms with Gasteiger partial charge in [0.25, 0.3) is 0 Å². The zero-order valence-corrected chi connectivity index (χ0v) is 10.2. The van der Waals surface area contributed by atoms with Crippen LogP contribution in [-0.2, 0) is 6.42 Å². The molecule has 2 aromatic rings. The van der Waals surface area contributed by atoms with Gasteiger partial charge in [-0.25, -0.2) is 0 Å². The fourth-order valence-electron chi connectivity index (χ4n) is 1.92. The van der Waals surface area contributed by atoms with Crippen molar-refractivity contribution in [2.75, 3.05) is 0 Å². The SMILES string of the molecule is CCc1ccc(C)[n+](-c2ccccc2C)c1. The van der Waals surface area contributed by atoms with Crippen LogP contribution < -0.4 is 4.57 Å². The van der Waals surface area contributed by atoms with E-state index in [0.29, 0.717) is 0 Å². The van der Waals surface area contributed by atoms with Crippen molar-refractivity contribution in [3.05, 3.63) is 59.4 Å². The first-order chi connectivity index (χ1) is 7.72. The monoisotopic (exact) mass is 212 g/mol. The van der Waals surface area contributed by atoms with Crippen LogP contribution in [0, 0.1) is 13.8 Å². The van der Waals surface area contributed by atoms with E-state index >= 15 is 0 Å². The number of nitrogens with zero attached hydrogens (tertiary/aromatic N) is 1. The Labute approximate surface area is 97.4 Å². The lowest BCUT2D eigenvalue weighted by Crippen LogP contribution is -2.35. The number of pyridine rings is 1. The van der Waals surface area contributed by atoms with E-state index in [1.807, 2.05) is 0 Å². The molecule has 0 bridgehead atoms. The van der Waals surface area contributed by atoms with Gasteiger partial charge in [-0.2, -0.15) is 4.57 Å². The Kier molecular flexibility index (Phi) is 3.04. The molecule has 1 heteroatoms. The molecule has 0 radical (unpaired) electrons. The molecule has 0 saturated heterocycles. The van der Waals surface area contributed by atoms with E-state index < -0.39 is 0 Å². The van der Waals surface area contributed by atoms with Crippen molar-refractivity contribution in [3.8, 4) is 5.69 Å². The van der Waals surface area contributed by atoms with E-state index in [9.17, 15) is 0 Å². The average molecular weight is 212 g/mol. The van der Waals surface area contributed by atoms with Gasteiger partial charge >= 0.3 is 0 Å². The lowest BCUT2D eigenvalue weighted by atomic mass is 10.1. The van der Waals surface area contributed by atoms with Gasteiger partial charge in [-0.05, 0) is 19.4 Å². The Hall–Kier alpha value is -1.63. The van der Waals surface area contributed by atoms with Gasteiger partial charge in [-0.1, -0.05) is 25.1 Å². The number of hydrogen-bond donors (Lipinski definition) is 0. The highest BCUT2D eigenvalue weighted by molar-refractivity contribution is 5.32. The molecule has 0 fully saturated rings. The molecule has 0 amide bonds. The molecule has 0 aliphatic rings. The molecule has 0 spiro atoms. The van der Waals surface area contributed by atoms with Crippen molar-refractivity contribution in [3.63, 3.8) is 0 Å². The van der Waals surface area contributed by atoms with Gasteiger partial charge < -0.3 is 0 Å². The predicted molar refractivity (Wildman–Crippen MR) is 66.8 cm³/mol. The number of aromatic nitrogens is 1. The largest absolute Gasteiger partial charge is 0.213 e. The maximum absolute atomic E-state index is 2.27. The third-order valence-corrected chi connectivity index (χ3v) is 3.00. The first-order valence-corrected chi connectivity index (χ1v) is 5.79. The third-order valence-electron chi connectivity index (χ3n) is 3.00. The second kappa shape index (κ2) is 4.48. The summed E-state index contributed by atoms with van der Waals surface area (Å²) in [6.45, 7) is 6.49. The van der Waals surface area contributed by atoms with E-state index in [-0.39, 0.29) is 0 Å². The van der Waals surface area contributed by atoms with Gasteiger partial charge in [0.1, 0.15) is 0 Å². The van der Waals surface area contributed by atoms with Crippen LogP contribution in [0.2, 0.25) is 0 Å². The molecule has 1 heterocycles. The van der Waals surface area contributed by atoms with Crippen molar-refractivity contribution in [2.24, 2.45) is 0 Å². The molecule has 16 heavy (non-hydrogen) atoms. The van der Waals surface area contributed by atoms with Crippen LogP contribution in [0.3, 0.4) is 0 Å². The highest BCUT2D eigenvalue weighted by Gasteiger charge is 2.12. The van der Waals surface area contributed by atoms with Crippen LogP contribution in [0.5, 0.6) is 0 Å². The van der Waals surface area contributed by atoms with Gasteiger partial charge in [0.15, 0.2) is 11.9 Å². The van der Waals surface area contributed by atoms with E-state index in [2.05, 4.69) is 67.9 Å². The molecule has 0 saturated carbocycles. The van der Waals surface area contributed by atoms with Crippen LogP contribution in [0.25, 0.3) is 5.69 Å². The van der Waals surface area contributed by atoms with Gasteiger partial charge in [-0.3, -0.25) is 0 Å².